The first-order chi connectivity index (χ1) is 8.15. The maximum Gasteiger partial charge on any atom is 0.272 e. The van der Waals surface area contributed by atoms with Crippen LogP contribution in [0.4, 0.5) is 5.69 Å². The molecule has 0 spiro atoms. The molecular weight excluding hydrogens is 286 g/mol. The number of aromatic nitrogens is 2. The van der Waals surface area contributed by atoms with E-state index < -0.39 is 0 Å². The SMILES string of the molecule is O=C(Nc1cncc(Br)c1)c1cccc(=O)[nH]1. The van der Waals surface area contributed by atoms with Crippen molar-refractivity contribution in [2.45, 2.75) is 0 Å². The van der Waals surface area contributed by atoms with E-state index in [9.17, 15) is 9.59 Å². The molecule has 5 nitrogen and oxygen atoms in total. The molecule has 0 aliphatic rings. The molecule has 0 saturated carbocycles. The van der Waals surface area contributed by atoms with E-state index in [1.165, 1.54) is 24.4 Å². The summed E-state index contributed by atoms with van der Waals surface area (Å²) in [5.74, 6) is -0.386. The smallest absolute Gasteiger partial charge is 0.272 e. The third-order valence-electron chi connectivity index (χ3n) is 1.98. The molecule has 0 fully saturated rings. The van der Waals surface area contributed by atoms with Gasteiger partial charge in [-0.2, -0.15) is 0 Å². The van der Waals surface area contributed by atoms with Crippen LogP contribution in [0.2, 0.25) is 0 Å². The number of anilines is 1. The second kappa shape index (κ2) is 4.92. The van der Waals surface area contributed by atoms with Crippen LogP contribution in [0.15, 0.2) is 45.9 Å². The number of aromatic amines is 1. The fourth-order valence-electron chi connectivity index (χ4n) is 1.26. The summed E-state index contributed by atoms with van der Waals surface area (Å²) >= 11 is 3.25. The number of halogens is 1. The Kier molecular flexibility index (Phi) is 3.34. The molecule has 0 bridgehead atoms. The van der Waals surface area contributed by atoms with Crippen LogP contribution in [-0.2, 0) is 0 Å². The summed E-state index contributed by atoms with van der Waals surface area (Å²) in [6.45, 7) is 0. The van der Waals surface area contributed by atoms with Gasteiger partial charge < -0.3 is 10.3 Å². The topological polar surface area (TPSA) is 74.8 Å². The van der Waals surface area contributed by atoms with E-state index >= 15 is 0 Å². The number of pyridine rings is 2. The largest absolute Gasteiger partial charge is 0.319 e. The number of hydrogen-bond acceptors (Lipinski definition) is 3. The monoisotopic (exact) mass is 293 g/mol. The number of rotatable bonds is 2. The van der Waals surface area contributed by atoms with Crippen molar-refractivity contribution in [2.24, 2.45) is 0 Å². The molecule has 1 amide bonds. The lowest BCUT2D eigenvalue weighted by Crippen LogP contribution is -2.17. The van der Waals surface area contributed by atoms with Gasteiger partial charge in [-0.05, 0) is 28.1 Å². The Morgan fingerprint density at radius 3 is 2.88 bits per heavy atom. The van der Waals surface area contributed by atoms with Crippen molar-refractivity contribution < 1.29 is 4.79 Å². The van der Waals surface area contributed by atoms with E-state index in [4.69, 9.17) is 0 Å². The first-order valence-electron chi connectivity index (χ1n) is 4.76. The van der Waals surface area contributed by atoms with Crippen LogP contribution < -0.4 is 10.9 Å². The molecular formula is C11H8BrN3O2. The highest BCUT2D eigenvalue weighted by molar-refractivity contribution is 9.10. The Bertz CT molecular complexity index is 609. The molecule has 2 heterocycles. The first-order valence-corrected chi connectivity index (χ1v) is 5.56. The van der Waals surface area contributed by atoms with E-state index in [2.05, 4.69) is 31.2 Å². The Labute approximate surface area is 105 Å². The Morgan fingerprint density at radius 2 is 2.18 bits per heavy atom. The third kappa shape index (κ3) is 3.01. The normalized spacial score (nSPS) is 9.94. The number of H-pyrrole nitrogens is 1. The maximum atomic E-state index is 11.8. The molecule has 0 saturated heterocycles. The lowest BCUT2D eigenvalue weighted by molar-refractivity contribution is 0.102. The highest BCUT2D eigenvalue weighted by Crippen LogP contribution is 2.14. The van der Waals surface area contributed by atoms with Crippen LogP contribution in [0.5, 0.6) is 0 Å². The minimum atomic E-state index is -0.386. The lowest BCUT2D eigenvalue weighted by atomic mass is 10.3. The summed E-state index contributed by atoms with van der Waals surface area (Å²) in [5, 5.41) is 2.62. The van der Waals surface area contributed by atoms with Crippen molar-refractivity contribution in [1.82, 2.24) is 9.97 Å². The molecule has 0 unspecified atom stereocenters. The van der Waals surface area contributed by atoms with Crippen LogP contribution >= 0.6 is 15.9 Å². The second-order valence-electron chi connectivity index (χ2n) is 3.27. The minimum Gasteiger partial charge on any atom is -0.319 e. The Morgan fingerprint density at radius 1 is 1.35 bits per heavy atom. The van der Waals surface area contributed by atoms with Gasteiger partial charge in [0.15, 0.2) is 0 Å². The molecule has 0 aliphatic heterocycles. The van der Waals surface area contributed by atoms with Gasteiger partial charge in [0.25, 0.3) is 5.91 Å². The molecule has 0 aromatic carbocycles. The lowest BCUT2D eigenvalue weighted by Gasteiger charge is -2.04. The molecule has 2 rings (SSSR count). The molecule has 2 aromatic rings. The van der Waals surface area contributed by atoms with Crippen LogP contribution in [-0.4, -0.2) is 15.9 Å². The Hall–Kier alpha value is -1.95. The van der Waals surface area contributed by atoms with Gasteiger partial charge >= 0.3 is 0 Å². The minimum absolute atomic E-state index is 0.206. The van der Waals surface area contributed by atoms with Gasteiger partial charge in [-0.1, -0.05) is 6.07 Å². The summed E-state index contributed by atoms with van der Waals surface area (Å²) in [4.78, 5) is 29.2. The van der Waals surface area contributed by atoms with Gasteiger partial charge in [0.05, 0.1) is 11.9 Å². The number of carbonyl (C=O) groups excluding carboxylic acids is 1. The van der Waals surface area contributed by atoms with Gasteiger partial charge in [0.2, 0.25) is 5.56 Å². The molecule has 0 radical (unpaired) electrons. The van der Waals surface area contributed by atoms with Gasteiger partial charge in [0, 0.05) is 16.7 Å². The van der Waals surface area contributed by atoms with Gasteiger partial charge in [-0.15, -0.1) is 0 Å². The summed E-state index contributed by atoms with van der Waals surface area (Å²) < 4.78 is 0.761. The predicted octanol–water partition coefficient (Wildman–Crippen LogP) is 1.78. The second-order valence-corrected chi connectivity index (χ2v) is 4.19. The quantitative estimate of drug-likeness (QED) is 0.886. The maximum absolute atomic E-state index is 11.8. The van der Waals surface area contributed by atoms with Crippen molar-refractivity contribution in [2.75, 3.05) is 5.32 Å². The number of hydrogen-bond donors (Lipinski definition) is 2. The van der Waals surface area contributed by atoms with Crippen LogP contribution in [0.25, 0.3) is 0 Å². The number of carbonyl (C=O) groups is 1. The predicted molar refractivity (Wildman–Crippen MR) is 67.0 cm³/mol. The zero-order valence-corrected chi connectivity index (χ0v) is 10.2. The van der Waals surface area contributed by atoms with E-state index in [1.54, 1.807) is 12.3 Å². The van der Waals surface area contributed by atoms with Crippen molar-refractivity contribution in [3.63, 3.8) is 0 Å². The zero-order valence-electron chi connectivity index (χ0n) is 8.61. The Balaban J connectivity index is 2.20. The van der Waals surface area contributed by atoms with E-state index in [0.29, 0.717) is 5.69 Å². The van der Waals surface area contributed by atoms with Crippen LogP contribution in [0.3, 0.4) is 0 Å². The molecule has 0 aliphatic carbocycles. The van der Waals surface area contributed by atoms with E-state index in [-0.39, 0.29) is 17.2 Å². The average Bonchev–Trinajstić information content (AvgIpc) is 2.29. The molecule has 17 heavy (non-hydrogen) atoms. The summed E-state index contributed by atoms with van der Waals surface area (Å²) in [6, 6.07) is 6.11. The van der Waals surface area contributed by atoms with Gasteiger partial charge in [-0.3, -0.25) is 14.6 Å². The number of nitrogens with one attached hydrogen (secondary N) is 2. The van der Waals surface area contributed by atoms with E-state index in [1.807, 2.05) is 0 Å². The molecule has 6 heteroatoms. The summed E-state index contributed by atoms with van der Waals surface area (Å²) in [5.41, 5.74) is 0.441. The van der Waals surface area contributed by atoms with E-state index in [0.717, 1.165) is 4.47 Å². The summed E-state index contributed by atoms with van der Waals surface area (Å²) in [7, 11) is 0. The van der Waals surface area contributed by atoms with Gasteiger partial charge in [-0.25, -0.2) is 0 Å². The van der Waals surface area contributed by atoms with Gasteiger partial charge in [0.1, 0.15) is 5.69 Å². The summed E-state index contributed by atoms with van der Waals surface area (Å²) in [6.07, 6.45) is 3.13. The first kappa shape index (κ1) is 11.5. The highest BCUT2D eigenvalue weighted by Gasteiger charge is 2.06. The number of nitrogens with zero attached hydrogens (tertiary/aromatic N) is 1. The fourth-order valence-corrected chi connectivity index (χ4v) is 1.62. The zero-order chi connectivity index (χ0) is 12.3. The van der Waals surface area contributed by atoms with Crippen LogP contribution in [0.1, 0.15) is 10.5 Å². The van der Waals surface area contributed by atoms with Crippen molar-refractivity contribution in [1.29, 1.82) is 0 Å². The number of amides is 1. The molecule has 0 atom stereocenters. The van der Waals surface area contributed by atoms with Crippen molar-refractivity contribution in [3.8, 4) is 0 Å². The third-order valence-corrected chi connectivity index (χ3v) is 2.41. The molecule has 2 aromatic heterocycles. The standard InChI is InChI=1S/C11H8BrN3O2/c12-7-4-8(6-13-5-7)14-11(17)9-2-1-3-10(16)15-9/h1-6H,(H,14,17)(H,15,16). The van der Waals surface area contributed by atoms with Crippen molar-refractivity contribution >= 4 is 27.5 Å². The fraction of sp³-hybridized carbons (Fsp3) is 0. The average molecular weight is 294 g/mol. The van der Waals surface area contributed by atoms with Crippen LogP contribution in [0, 0.1) is 0 Å². The molecule has 2 N–H and O–H groups in total. The van der Waals surface area contributed by atoms with Crippen molar-refractivity contribution in [3.05, 3.63) is 57.2 Å². The molecule has 86 valence electrons. The highest BCUT2D eigenvalue weighted by atomic mass is 79.9.